The Bertz CT molecular complexity index is 555. The largest absolute Gasteiger partial charge is 0.474 e. The van der Waals surface area contributed by atoms with Crippen LogP contribution >= 0.6 is 27.5 Å². The monoisotopic (exact) mass is 302 g/mol. The number of aromatic carboxylic acids is 1. The first-order valence-corrected chi connectivity index (χ1v) is 5.27. The third-order valence-corrected chi connectivity index (χ3v) is 2.59. The molecule has 1 heterocycles. The second kappa shape index (κ2) is 4.23. The van der Waals surface area contributed by atoms with Crippen LogP contribution in [-0.2, 0) is 0 Å². The third-order valence-electron chi connectivity index (χ3n) is 1.77. The quantitative estimate of drug-likeness (QED) is 0.923. The number of hydrogen-bond acceptors (Lipinski definition) is 4. The van der Waals surface area contributed by atoms with Crippen molar-refractivity contribution < 1.29 is 14.3 Å². The van der Waals surface area contributed by atoms with E-state index in [2.05, 4.69) is 26.1 Å². The highest BCUT2D eigenvalue weighted by molar-refractivity contribution is 9.10. The molecule has 0 aliphatic rings. The summed E-state index contributed by atoms with van der Waals surface area (Å²) in [7, 11) is 0. The van der Waals surface area contributed by atoms with Crippen LogP contribution in [0.15, 0.2) is 27.1 Å². The Balaban J connectivity index is 2.50. The molecule has 0 aliphatic heterocycles. The van der Waals surface area contributed by atoms with Crippen LogP contribution in [-0.4, -0.2) is 21.3 Å². The molecule has 16 heavy (non-hydrogen) atoms. The molecule has 5 nitrogen and oxygen atoms in total. The highest BCUT2D eigenvalue weighted by Crippen LogP contribution is 2.29. The summed E-state index contributed by atoms with van der Waals surface area (Å²) in [6.45, 7) is 0. The molecule has 2 rings (SSSR count). The van der Waals surface area contributed by atoms with Crippen molar-refractivity contribution in [3.8, 4) is 11.5 Å². The third kappa shape index (κ3) is 2.07. The van der Waals surface area contributed by atoms with E-state index in [4.69, 9.17) is 21.1 Å². The highest BCUT2D eigenvalue weighted by Gasteiger charge is 2.16. The van der Waals surface area contributed by atoms with Gasteiger partial charge in [0.25, 0.3) is 0 Å². The van der Waals surface area contributed by atoms with Gasteiger partial charge in [0.1, 0.15) is 0 Å². The second-order valence-electron chi connectivity index (χ2n) is 2.84. The molecule has 0 atom stereocenters. The van der Waals surface area contributed by atoms with Crippen molar-refractivity contribution in [3.05, 3.63) is 33.6 Å². The van der Waals surface area contributed by atoms with Crippen LogP contribution in [0.4, 0.5) is 0 Å². The summed E-state index contributed by atoms with van der Waals surface area (Å²) in [5.74, 6) is -1.67. The predicted molar refractivity (Wildman–Crippen MR) is 59.4 cm³/mol. The van der Waals surface area contributed by atoms with E-state index in [1.165, 1.54) is 0 Å². The molecule has 0 saturated heterocycles. The van der Waals surface area contributed by atoms with Gasteiger partial charge in [0.2, 0.25) is 5.89 Å². The van der Waals surface area contributed by atoms with Gasteiger partial charge in [-0.2, -0.15) is 0 Å². The number of carbonyl (C=O) groups is 1. The molecule has 0 fully saturated rings. The first-order chi connectivity index (χ1) is 7.58. The van der Waals surface area contributed by atoms with E-state index in [1.54, 1.807) is 18.2 Å². The highest BCUT2D eigenvalue weighted by atomic mass is 79.9. The minimum atomic E-state index is -1.27. The molecule has 1 aromatic carbocycles. The van der Waals surface area contributed by atoms with E-state index >= 15 is 0 Å². The topological polar surface area (TPSA) is 76.2 Å². The SMILES string of the molecule is O=C(O)c1nnc(-c2cc(Br)ccc2Cl)o1. The van der Waals surface area contributed by atoms with Crippen molar-refractivity contribution in [1.29, 1.82) is 0 Å². The molecule has 0 amide bonds. The van der Waals surface area contributed by atoms with Crippen LogP contribution in [0, 0.1) is 0 Å². The smallest absolute Gasteiger partial charge is 0.393 e. The molecule has 0 unspecified atom stereocenters. The van der Waals surface area contributed by atoms with Gasteiger partial charge in [-0.1, -0.05) is 27.5 Å². The Hall–Kier alpha value is -1.40. The lowest BCUT2D eigenvalue weighted by atomic mass is 10.2. The van der Waals surface area contributed by atoms with E-state index in [1.807, 2.05) is 0 Å². The Labute approximate surface area is 103 Å². The second-order valence-corrected chi connectivity index (χ2v) is 4.16. The molecule has 0 radical (unpaired) electrons. The number of halogens is 2. The number of nitrogens with zero attached hydrogens (tertiary/aromatic N) is 2. The van der Waals surface area contributed by atoms with Gasteiger partial charge in [-0.3, -0.25) is 0 Å². The van der Waals surface area contributed by atoms with Crippen molar-refractivity contribution in [2.75, 3.05) is 0 Å². The van der Waals surface area contributed by atoms with Gasteiger partial charge < -0.3 is 9.52 Å². The fourth-order valence-corrected chi connectivity index (χ4v) is 1.64. The molecular formula is C9H4BrClN2O3. The fourth-order valence-electron chi connectivity index (χ4n) is 1.08. The zero-order valence-electron chi connectivity index (χ0n) is 7.65. The summed E-state index contributed by atoms with van der Waals surface area (Å²) in [5.41, 5.74) is 0.482. The van der Waals surface area contributed by atoms with Gasteiger partial charge in [-0.05, 0) is 18.2 Å². The van der Waals surface area contributed by atoms with E-state index in [9.17, 15) is 4.79 Å². The standard InChI is InChI=1S/C9H4BrClN2O3/c10-4-1-2-6(11)5(3-4)7-12-13-8(16-7)9(14)15/h1-3H,(H,14,15). The van der Waals surface area contributed by atoms with Gasteiger partial charge in [0.05, 0.1) is 10.6 Å². The van der Waals surface area contributed by atoms with E-state index in [-0.39, 0.29) is 5.89 Å². The summed E-state index contributed by atoms with van der Waals surface area (Å²) >= 11 is 9.19. The molecule has 0 saturated carbocycles. The number of hydrogen-bond donors (Lipinski definition) is 1. The average Bonchev–Trinajstić information content (AvgIpc) is 2.70. The summed E-state index contributed by atoms with van der Waals surface area (Å²) in [6.07, 6.45) is 0. The summed E-state index contributed by atoms with van der Waals surface area (Å²) in [5, 5.41) is 16.0. The van der Waals surface area contributed by atoms with Crippen molar-refractivity contribution in [1.82, 2.24) is 10.2 Å². The van der Waals surface area contributed by atoms with Crippen LogP contribution in [0.1, 0.15) is 10.7 Å². The lowest BCUT2D eigenvalue weighted by Gasteiger charge is -1.98. The molecule has 1 aromatic heterocycles. The maximum absolute atomic E-state index is 10.6. The van der Waals surface area contributed by atoms with E-state index < -0.39 is 11.9 Å². The summed E-state index contributed by atoms with van der Waals surface area (Å²) in [4.78, 5) is 10.6. The van der Waals surface area contributed by atoms with Crippen LogP contribution in [0.2, 0.25) is 5.02 Å². The molecule has 0 aliphatic carbocycles. The maximum Gasteiger partial charge on any atom is 0.393 e. The zero-order valence-corrected chi connectivity index (χ0v) is 9.99. The molecule has 2 aromatic rings. The summed E-state index contributed by atoms with van der Waals surface area (Å²) < 4.78 is 5.72. The Morgan fingerprint density at radius 3 is 2.81 bits per heavy atom. The van der Waals surface area contributed by atoms with Crippen LogP contribution in [0.3, 0.4) is 0 Å². The number of carboxylic acid groups (broad SMARTS) is 1. The van der Waals surface area contributed by atoms with Crippen molar-refractivity contribution in [3.63, 3.8) is 0 Å². The molecular weight excluding hydrogens is 299 g/mol. The first-order valence-electron chi connectivity index (χ1n) is 4.10. The Kier molecular flexibility index (Phi) is 2.93. The van der Waals surface area contributed by atoms with Crippen molar-refractivity contribution in [2.24, 2.45) is 0 Å². The van der Waals surface area contributed by atoms with Gasteiger partial charge in [-0.15, -0.1) is 10.2 Å². The molecule has 1 N–H and O–H groups in total. The van der Waals surface area contributed by atoms with Crippen molar-refractivity contribution >= 4 is 33.5 Å². The normalized spacial score (nSPS) is 10.4. The number of carboxylic acids is 1. The minimum Gasteiger partial charge on any atom is -0.474 e. The van der Waals surface area contributed by atoms with Crippen LogP contribution in [0.5, 0.6) is 0 Å². The lowest BCUT2D eigenvalue weighted by Crippen LogP contribution is -1.95. The van der Waals surface area contributed by atoms with Gasteiger partial charge in [0, 0.05) is 4.47 Å². The van der Waals surface area contributed by atoms with E-state index in [0.29, 0.717) is 10.6 Å². The number of rotatable bonds is 2. The van der Waals surface area contributed by atoms with Crippen molar-refractivity contribution in [2.45, 2.75) is 0 Å². The van der Waals surface area contributed by atoms with Gasteiger partial charge in [-0.25, -0.2) is 4.79 Å². The number of aromatic nitrogens is 2. The fraction of sp³-hybridized carbons (Fsp3) is 0. The predicted octanol–water partition coefficient (Wildman–Crippen LogP) is 2.85. The van der Waals surface area contributed by atoms with Crippen LogP contribution < -0.4 is 0 Å². The molecule has 7 heteroatoms. The number of benzene rings is 1. The average molecular weight is 303 g/mol. The Morgan fingerprint density at radius 2 is 2.19 bits per heavy atom. The minimum absolute atomic E-state index is 0.0729. The Morgan fingerprint density at radius 1 is 1.44 bits per heavy atom. The molecule has 82 valence electrons. The van der Waals surface area contributed by atoms with Crippen LogP contribution in [0.25, 0.3) is 11.5 Å². The van der Waals surface area contributed by atoms with Gasteiger partial charge >= 0.3 is 11.9 Å². The zero-order chi connectivity index (χ0) is 11.7. The lowest BCUT2D eigenvalue weighted by molar-refractivity contribution is 0.0654. The van der Waals surface area contributed by atoms with Gasteiger partial charge in [0.15, 0.2) is 0 Å². The first kappa shape index (κ1) is 11.1. The molecule has 0 spiro atoms. The van der Waals surface area contributed by atoms with E-state index in [0.717, 1.165) is 4.47 Å². The summed E-state index contributed by atoms with van der Waals surface area (Å²) in [6, 6.07) is 5.06. The maximum atomic E-state index is 10.6. The molecule has 0 bridgehead atoms.